The Morgan fingerprint density at radius 3 is 2.50 bits per heavy atom. The van der Waals surface area contributed by atoms with Crippen molar-refractivity contribution in [2.45, 2.75) is 50.3 Å². The predicted octanol–water partition coefficient (Wildman–Crippen LogP) is 2.12. The van der Waals surface area contributed by atoms with E-state index in [4.69, 9.17) is 15.3 Å². The number of hydrogen-bond donors (Lipinski definition) is 1. The highest BCUT2D eigenvalue weighted by molar-refractivity contribution is 7.89. The molecule has 0 saturated heterocycles. The van der Waals surface area contributed by atoms with Crippen LogP contribution < -0.4 is 5.73 Å². The Morgan fingerprint density at radius 2 is 1.97 bits per heavy atom. The Kier molecular flexibility index (Phi) is 8.18. The summed E-state index contributed by atoms with van der Waals surface area (Å²) in [6.07, 6.45) is 1.73. The van der Waals surface area contributed by atoms with Crippen LogP contribution in [-0.2, 0) is 24.4 Å². The van der Waals surface area contributed by atoms with Crippen LogP contribution in [0.2, 0.25) is 0 Å². The zero-order chi connectivity index (χ0) is 25.8. The molecule has 2 rings (SSSR count). The number of ether oxygens (including phenoxy) is 1. The number of sulfonamides is 1. The number of carbonyl (C=O) groups excluding carboxylic acids is 2. The van der Waals surface area contributed by atoms with Crippen molar-refractivity contribution in [3.05, 3.63) is 58.7 Å². The number of rotatable bonds is 8. The maximum absolute atomic E-state index is 13.5. The second kappa shape index (κ2) is 10.3. The lowest BCUT2D eigenvalue weighted by Gasteiger charge is -2.40. The van der Waals surface area contributed by atoms with E-state index in [0.717, 1.165) is 17.0 Å². The summed E-state index contributed by atoms with van der Waals surface area (Å²) in [5.41, 5.74) is 4.26. The summed E-state index contributed by atoms with van der Waals surface area (Å²) in [6, 6.07) is 2.47. The van der Waals surface area contributed by atoms with Crippen molar-refractivity contribution in [2.75, 3.05) is 13.2 Å². The first-order valence-electron chi connectivity index (χ1n) is 10.2. The molecule has 1 aliphatic heterocycles. The second-order valence-corrected chi connectivity index (χ2v) is 10.2. The summed E-state index contributed by atoms with van der Waals surface area (Å²) in [6.45, 7) is 9.31. The van der Waals surface area contributed by atoms with Gasteiger partial charge in [-0.3, -0.25) is 24.6 Å². The highest BCUT2D eigenvalue weighted by Crippen LogP contribution is 2.32. The Bertz CT molecular complexity index is 1110. The molecular formula is C21H28N4O8S. The topological polar surface area (TPSA) is 162 Å². The summed E-state index contributed by atoms with van der Waals surface area (Å²) in [5.74, 6) is -0.844. The number of benzene rings is 1. The first-order valence-corrected chi connectivity index (χ1v) is 11.6. The molecule has 1 heterocycles. The average molecular weight is 497 g/mol. The lowest BCUT2D eigenvalue weighted by Crippen LogP contribution is -2.58. The van der Waals surface area contributed by atoms with Gasteiger partial charge in [-0.15, -0.1) is 6.58 Å². The number of carbonyl (C=O) groups is 2. The van der Waals surface area contributed by atoms with Gasteiger partial charge in [-0.1, -0.05) is 34.3 Å². The van der Waals surface area contributed by atoms with Crippen LogP contribution in [0.5, 0.6) is 0 Å². The second-order valence-electron chi connectivity index (χ2n) is 8.48. The largest absolute Gasteiger partial charge is 0.444 e. The zero-order valence-corrected chi connectivity index (χ0v) is 20.1. The van der Waals surface area contributed by atoms with E-state index in [9.17, 15) is 28.1 Å². The fourth-order valence-electron chi connectivity index (χ4n) is 3.25. The van der Waals surface area contributed by atoms with Crippen LogP contribution in [0.25, 0.3) is 0 Å². The van der Waals surface area contributed by atoms with Crippen LogP contribution in [0, 0.1) is 10.1 Å². The van der Waals surface area contributed by atoms with Gasteiger partial charge in [0.25, 0.3) is 15.7 Å². The van der Waals surface area contributed by atoms with Crippen molar-refractivity contribution in [1.29, 1.82) is 0 Å². The third-order valence-corrected chi connectivity index (χ3v) is 6.46. The van der Waals surface area contributed by atoms with Crippen molar-refractivity contribution < 1.29 is 32.5 Å². The summed E-state index contributed by atoms with van der Waals surface area (Å²) >= 11 is 0. The molecule has 13 heteroatoms. The smallest absolute Gasteiger partial charge is 0.411 e. The molecule has 2 atom stereocenters. The molecule has 2 N–H and O–H groups in total. The Balaban J connectivity index is 2.60. The van der Waals surface area contributed by atoms with E-state index in [2.05, 4.69) is 6.58 Å². The molecule has 186 valence electrons. The van der Waals surface area contributed by atoms with Crippen molar-refractivity contribution in [1.82, 2.24) is 9.37 Å². The Hall–Kier alpha value is -3.29. The van der Waals surface area contributed by atoms with Gasteiger partial charge in [-0.2, -0.15) is 0 Å². The Morgan fingerprint density at radius 1 is 1.35 bits per heavy atom. The molecule has 0 aromatic heterocycles. The van der Waals surface area contributed by atoms with Crippen LogP contribution in [0.3, 0.4) is 0 Å². The fourth-order valence-corrected chi connectivity index (χ4v) is 4.87. The number of nitro groups is 1. The maximum atomic E-state index is 13.5. The molecule has 0 saturated carbocycles. The summed E-state index contributed by atoms with van der Waals surface area (Å²) in [4.78, 5) is 41.4. The van der Waals surface area contributed by atoms with E-state index >= 15 is 0 Å². The summed E-state index contributed by atoms with van der Waals surface area (Å²) < 4.78 is 33.0. The van der Waals surface area contributed by atoms with E-state index in [0.29, 0.717) is 10.0 Å². The molecule has 0 spiro atoms. The van der Waals surface area contributed by atoms with E-state index < -0.39 is 55.2 Å². The fraction of sp³-hybridized carbons (Fsp3) is 0.429. The number of primary amides is 1. The van der Waals surface area contributed by atoms with Gasteiger partial charge < -0.3 is 10.5 Å². The number of nitrogens with zero attached hydrogens (tertiary/aromatic N) is 3. The molecule has 0 fully saturated rings. The van der Waals surface area contributed by atoms with E-state index in [1.807, 2.05) is 0 Å². The molecule has 2 amide bonds. The van der Waals surface area contributed by atoms with Gasteiger partial charge in [0.05, 0.1) is 17.6 Å². The molecule has 0 radical (unpaired) electrons. The Labute approximate surface area is 197 Å². The van der Waals surface area contributed by atoms with E-state index in [-0.39, 0.29) is 13.2 Å². The molecule has 1 aromatic carbocycles. The molecule has 12 nitrogen and oxygen atoms in total. The van der Waals surface area contributed by atoms with E-state index in [1.54, 1.807) is 20.8 Å². The standard InChI is InChI=1S/C21H28N4O8S/c1-6-11-32-25(34(30,31)18-10-8-7-9-15(18)24(28)29)17-13-23(20(27)33-21(3,4)5)16(19(22)26)12-14(17)2/h6-10,12,16-17H,1,11,13H2,2-5H3,(H2,22,26). The van der Waals surface area contributed by atoms with E-state index in [1.165, 1.54) is 31.2 Å². The molecule has 1 aliphatic rings. The highest BCUT2D eigenvalue weighted by atomic mass is 32.2. The summed E-state index contributed by atoms with van der Waals surface area (Å²) in [5, 5.41) is 11.5. The first-order chi connectivity index (χ1) is 15.7. The quantitative estimate of drug-likeness (QED) is 0.325. The van der Waals surface area contributed by atoms with Crippen LogP contribution in [-0.4, -0.2) is 65.5 Å². The van der Waals surface area contributed by atoms with Crippen molar-refractivity contribution in [3.8, 4) is 0 Å². The van der Waals surface area contributed by atoms with Gasteiger partial charge >= 0.3 is 6.09 Å². The van der Waals surface area contributed by atoms with Crippen LogP contribution in [0.1, 0.15) is 27.7 Å². The SMILES string of the molecule is C=CCON(C1CN(C(=O)OC(C)(C)C)C(C(N)=O)C=C1C)S(=O)(=O)c1ccccc1[N+](=O)[O-]. The molecule has 1 aromatic rings. The highest BCUT2D eigenvalue weighted by Gasteiger charge is 2.44. The number of hydroxylamine groups is 1. The minimum atomic E-state index is -4.62. The van der Waals surface area contributed by atoms with Gasteiger partial charge in [0.2, 0.25) is 5.91 Å². The number of nitro benzene ring substituents is 1. The van der Waals surface area contributed by atoms with Crippen LogP contribution in [0.15, 0.2) is 53.5 Å². The number of hydrogen-bond acceptors (Lipinski definition) is 8. The lowest BCUT2D eigenvalue weighted by molar-refractivity contribution is -0.388. The van der Waals surface area contributed by atoms with Gasteiger partial charge in [0, 0.05) is 12.6 Å². The molecular weight excluding hydrogens is 468 g/mol. The number of nitrogens with two attached hydrogens (primary N) is 1. The van der Waals surface area contributed by atoms with Crippen LogP contribution >= 0.6 is 0 Å². The van der Waals surface area contributed by atoms with Crippen LogP contribution in [0.4, 0.5) is 10.5 Å². The minimum Gasteiger partial charge on any atom is -0.444 e. The van der Waals surface area contributed by atoms with Gasteiger partial charge in [-0.05, 0) is 33.8 Å². The van der Waals surface area contributed by atoms with Gasteiger partial charge in [-0.25, -0.2) is 13.2 Å². The number of para-hydroxylation sites is 1. The van der Waals surface area contributed by atoms with Gasteiger partial charge in [0.15, 0.2) is 4.90 Å². The zero-order valence-electron chi connectivity index (χ0n) is 19.3. The molecule has 0 aliphatic carbocycles. The van der Waals surface area contributed by atoms with Gasteiger partial charge in [0.1, 0.15) is 11.6 Å². The predicted molar refractivity (Wildman–Crippen MR) is 122 cm³/mol. The molecule has 0 bridgehead atoms. The normalized spacial score (nSPS) is 18.9. The minimum absolute atomic E-state index is 0.255. The van der Waals surface area contributed by atoms with Crippen molar-refractivity contribution in [2.24, 2.45) is 5.73 Å². The lowest BCUT2D eigenvalue weighted by atomic mass is 9.99. The number of amides is 2. The molecule has 34 heavy (non-hydrogen) atoms. The summed E-state index contributed by atoms with van der Waals surface area (Å²) in [7, 11) is -4.62. The van der Waals surface area contributed by atoms with Crippen molar-refractivity contribution >= 4 is 27.7 Å². The molecule has 2 unspecified atom stereocenters. The first kappa shape index (κ1) is 27.0. The van der Waals surface area contributed by atoms with Crippen molar-refractivity contribution in [3.63, 3.8) is 0 Å². The third kappa shape index (κ3) is 5.98. The third-order valence-electron chi connectivity index (χ3n) is 4.72. The maximum Gasteiger partial charge on any atom is 0.411 e. The average Bonchev–Trinajstić information content (AvgIpc) is 2.73. The monoisotopic (exact) mass is 496 g/mol.